The van der Waals surface area contributed by atoms with Crippen LogP contribution in [-0.2, 0) is 13.0 Å². The highest BCUT2D eigenvalue weighted by atomic mass is 15.2. The smallest absolute Gasteiger partial charge is 0.123 e. The van der Waals surface area contributed by atoms with E-state index in [1.165, 1.54) is 60.9 Å². The van der Waals surface area contributed by atoms with Crippen LogP contribution in [0.5, 0.6) is 0 Å². The fraction of sp³-hybridized carbons (Fsp3) is 0.385. The SMILES string of the molecule is c1ccc(CNCC2CCN(CCCc3c[nH]c4ccc(-n5cnnc5)cc34)CC2)cc1. The standard InChI is InChI=1S/C26H32N6/c1-2-5-21(6-3-1)16-27-17-22-10-13-31(14-11-22)12-4-7-23-18-28-26-9-8-24(15-25(23)26)32-19-29-30-20-32/h1-3,5-6,8-9,15,18-20,22,27-28H,4,7,10-14,16-17H2. The van der Waals surface area contributed by atoms with Gasteiger partial charge in [-0.15, -0.1) is 10.2 Å². The molecule has 1 aliphatic heterocycles. The van der Waals surface area contributed by atoms with Gasteiger partial charge in [-0.25, -0.2) is 0 Å². The van der Waals surface area contributed by atoms with Crippen molar-refractivity contribution in [1.29, 1.82) is 0 Å². The van der Waals surface area contributed by atoms with E-state index in [4.69, 9.17) is 0 Å². The lowest BCUT2D eigenvalue weighted by atomic mass is 9.96. The normalized spacial score (nSPS) is 15.5. The van der Waals surface area contributed by atoms with Gasteiger partial charge in [0.15, 0.2) is 0 Å². The summed E-state index contributed by atoms with van der Waals surface area (Å²) in [7, 11) is 0. The highest BCUT2D eigenvalue weighted by Crippen LogP contribution is 2.23. The second-order valence-electron chi connectivity index (χ2n) is 8.92. The summed E-state index contributed by atoms with van der Waals surface area (Å²) in [6.45, 7) is 5.74. The van der Waals surface area contributed by atoms with Crippen molar-refractivity contribution < 1.29 is 0 Å². The zero-order chi connectivity index (χ0) is 21.6. The van der Waals surface area contributed by atoms with E-state index >= 15 is 0 Å². The number of nitrogens with one attached hydrogen (secondary N) is 2. The zero-order valence-corrected chi connectivity index (χ0v) is 18.6. The first kappa shape index (κ1) is 20.9. The number of fused-ring (bicyclic) bond motifs is 1. The van der Waals surface area contributed by atoms with Crippen molar-refractivity contribution in [2.45, 2.75) is 32.2 Å². The lowest BCUT2D eigenvalue weighted by Gasteiger charge is -2.32. The predicted molar refractivity (Wildman–Crippen MR) is 129 cm³/mol. The molecule has 2 aromatic heterocycles. The third-order valence-corrected chi connectivity index (χ3v) is 6.70. The van der Waals surface area contributed by atoms with Crippen molar-refractivity contribution in [3.8, 4) is 5.69 Å². The summed E-state index contributed by atoms with van der Waals surface area (Å²) in [6.07, 6.45) is 10.6. The van der Waals surface area contributed by atoms with Crippen LogP contribution in [0.3, 0.4) is 0 Å². The van der Waals surface area contributed by atoms with Crippen LogP contribution in [0.2, 0.25) is 0 Å². The van der Waals surface area contributed by atoms with E-state index in [0.29, 0.717) is 0 Å². The largest absolute Gasteiger partial charge is 0.361 e. The molecule has 166 valence electrons. The molecule has 1 aliphatic rings. The van der Waals surface area contributed by atoms with E-state index in [0.717, 1.165) is 31.1 Å². The molecular weight excluding hydrogens is 396 g/mol. The number of aromatic nitrogens is 4. The van der Waals surface area contributed by atoms with Crippen LogP contribution < -0.4 is 5.32 Å². The Hall–Kier alpha value is -2.96. The first-order valence-corrected chi connectivity index (χ1v) is 11.8. The Labute approximate surface area is 189 Å². The molecule has 32 heavy (non-hydrogen) atoms. The molecular formula is C26H32N6. The van der Waals surface area contributed by atoms with Gasteiger partial charge in [0.2, 0.25) is 0 Å². The number of aromatic amines is 1. The Balaban J connectivity index is 1.06. The molecule has 0 atom stereocenters. The van der Waals surface area contributed by atoms with Crippen LogP contribution in [0.4, 0.5) is 0 Å². The molecule has 1 saturated heterocycles. The molecule has 5 rings (SSSR count). The third-order valence-electron chi connectivity index (χ3n) is 6.70. The Kier molecular flexibility index (Phi) is 6.61. The summed E-state index contributed by atoms with van der Waals surface area (Å²) in [5.41, 5.74) is 5.07. The molecule has 0 amide bonds. The van der Waals surface area contributed by atoms with E-state index in [2.05, 4.69) is 80.1 Å². The number of H-pyrrole nitrogens is 1. The minimum Gasteiger partial charge on any atom is -0.361 e. The van der Waals surface area contributed by atoms with E-state index in [1.807, 2.05) is 4.57 Å². The molecule has 1 fully saturated rings. The Morgan fingerprint density at radius 3 is 2.62 bits per heavy atom. The van der Waals surface area contributed by atoms with Crippen LogP contribution in [0, 0.1) is 5.92 Å². The second kappa shape index (κ2) is 10.1. The maximum absolute atomic E-state index is 3.92. The van der Waals surface area contributed by atoms with Gasteiger partial charge in [-0.2, -0.15) is 0 Å². The number of nitrogens with zero attached hydrogens (tertiary/aromatic N) is 4. The zero-order valence-electron chi connectivity index (χ0n) is 18.6. The van der Waals surface area contributed by atoms with Gasteiger partial charge in [0.25, 0.3) is 0 Å². The van der Waals surface area contributed by atoms with Crippen LogP contribution in [-0.4, -0.2) is 50.8 Å². The molecule has 0 unspecified atom stereocenters. The van der Waals surface area contributed by atoms with Crippen LogP contribution in [0.15, 0.2) is 67.4 Å². The number of benzene rings is 2. The Bertz CT molecular complexity index is 1090. The van der Waals surface area contributed by atoms with Crippen molar-refractivity contribution >= 4 is 10.9 Å². The first-order valence-electron chi connectivity index (χ1n) is 11.8. The number of rotatable bonds is 9. The molecule has 0 bridgehead atoms. The average Bonchev–Trinajstić information content (AvgIpc) is 3.51. The van der Waals surface area contributed by atoms with Gasteiger partial charge in [0.05, 0.1) is 0 Å². The van der Waals surface area contributed by atoms with Gasteiger partial charge < -0.3 is 15.2 Å². The van der Waals surface area contributed by atoms with Crippen molar-refractivity contribution in [2.24, 2.45) is 5.92 Å². The maximum atomic E-state index is 3.92. The summed E-state index contributed by atoms with van der Waals surface area (Å²) in [5.74, 6) is 0.805. The van der Waals surface area contributed by atoms with Gasteiger partial charge >= 0.3 is 0 Å². The second-order valence-corrected chi connectivity index (χ2v) is 8.92. The quantitative estimate of drug-likeness (QED) is 0.420. The molecule has 3 heterocycles. The topological polar surface area (TPSA) is 61.8 Å². The minimum atomic E-state index is 0.805. The molecule has 0 saturated carbocycles. The average molecular weight is 429 g/mol. The van der Waals surface area contributed by atoms with E-state index < -0.39 is 0 Å². The molecule has 0 aliphatic carbocycles. The summed E-state index contributed by atoms with van der Waals surface area (Å²) in [4.78, 5) is 6.07. The van der Waals surface area contributed by atoms with Crippen molar-refractivity contribution in [3.63, 3.8) is 0 Å². The first-order chi connectivity index (χ1) is 15.8. The number of likely N-dealkylation sites (tertiary alicyclic amines) is 1. The van der Waals surface area contributed by atoms with Crippen molar-refractivity contribution in [3.05, 3.63) is 78.5 Å². The Morgan fingerprint density at radius 1 is 1.00 bits per heavy atom. The summed E-state index contributed by atoms with van der Waals surface area (Å²) in [5, 5.41) is 12.8. The molecule has 0 spiro atoms. The highest BCUT2D eigenvalue weighted by molar-refractivity contribution is 5.85. The van der Waals surface area contributed by atoms with Crippen LogP contribution in [0.25, 0.3) is 16.6 Å². The highest BCUT2D eigenvalue weighted by Gasteiger charge is 2.18. The summed E-state index contributed by atoms with van der Waals surface area (Å²) >= 11 is 0. The van der Waals surface area contributed by atoms with Gasteiger partial charge in [-0.1, -0.05) is 30.3 Å². The molecule has 4 aromatic rings. The minimum absolute atomic E-state index is 0.805. The van der Waals surface area contributed by atoms with E-state index in [-0.39, 0.29) is 0 Å². The maximum Gasteiger partial charge on any atom is 0.123 e. The number of hydrogen-bond acceptors (Lipinski definition) is 4. The van der Waals surface area contributed by atoms with E-state index in [9.17, 15) is 0 Å². The molecule has 0 radical (unpaired) electrons. The summed E-state index contributed by atoms with van der Waals surface area (Å²) in [6, 6.07) is 17.2. The molecule has 2 aromatic carbocycles. The lowest BCUT2D eigenvalue weighted by molar-refractivity contribution is 0.180. The third kappa shape index (κ3) is 5.09. The Morgan fingerprint density at radius 2 is 1.81 bits per heavy atom. The number of aryl methyl sites for hydroxylation is 1. The summed E-state index contributed by atoms with van der Waals surface area (Å²) < 4.78 is 1.95. The fourth-order valence-corrected chi connectivity index (χ4v) is 4.79. The molecule has 6 heteroatoms. The van der Waals surface area contributed by atoms with Gasteiger partial charge in [-0.3, -0.25) is 4.57 Å². The number of hydrogen-bond donors (Lipinski definition) is 2. The predicted octanol–water partition coefficient (Wildman–Crippen LogP) is 4.18. The van der Waals surface area contributed by atoms with Crippen molar-refractivity contribution in [1.82, 2.24) is 30.0 Å². The van der Waals surface area contributed by atoms with Gasteiger partial charge in [0, 0.05) is 29.3 Å². The fourth-order valence-electron chi connectivity index (χ4n) is 4.79. The monoisotopic (exact) mass is 428 g/mol. The van der Waals surface area contributed by atoms with Crippen LogP contribution >= 0.6 is 0 Å². The molecule has 6 nitrogen and oxygen atoms in total. The van der Waals surface area contributed by atoms with Gasteiger partial charge in [-0.05, 0) is 87.1 Å². The van der Waals surface area contributed by atoms with Crippen LogP contribution in [0.1, 0.15) is 30.4 Å². The van der Waals surface area contributed by atoms with Gasteiger partial charge in [0.1, 0.15) is 12.7 Å². The molecule has 2 N–H and O–H groups in total. The lowest BCUT2D eigenvalue weighted by Crippen LogP contribution is -2.37. The van der Waals surface area contributed by atoms with Crippen molar-refractivity contribution in [2.75, 3.05) is 26.2 Å². The van der Waals surface area contributed by atoms with E-state index in [1.54, 1.807) is 12.7 Å². The number of piperidine rings is 1.